The molecule has 4 nitrogen and oxygen atoms in total. The van der Waals surface area contributed by atoms with Crippen LogP contribution in [0, 0.1) is 19.7 Å². The van der Waals surface area contributed by atoms with Gasteiger partial charge in [-0.15, -0.1) is 11.3 Å². The molecule has 1 fully saturated rings. The van der Waals surface area contributed by atoms with Crippen molar-refractivity contribution in [1.29, 1.82) is 0 Å². The van der Waals surface area contributed by atoms with Crippen molar-refractivity contribution in [2.75, 3.05) is 19.6 Å². The molecule has 1 aliphatic heterocycles. The number of hydrogen-bond donors (Lipinski definition) is 0. The van der Waals surface area contributed by atoms with Crippen molar-refractivity contribution in [2.24, 2.45) is 0 Å². The predicted octanol–water partition coefficient (Wildman–Crippen LogP) is 3.98. The summed E-state index contributed by atoms with van der Waals surface area (Å²) in [5, 5.41) is 0.658. The molecule has 26 heavy (non-hydrogen) atoms. The second-order valence-electron chi connectivity index (χ2n) is 6.88. The third-order valence-corrected chi connectivity index (χ3v) is 6.15. The third-order valence-electron chi connectivity index (χ3n) is 5.15. The Morgan fingerprint density at radius 2 is 1.81 bits per heavy atom. The van der Waals surface area contributed by atoms with E-state index in [0.717, 1.165) is 46.3 Å². The molecule has 1 saturated heterocycles. The summed E-state index contributed by atoms with van der Waals surface area (Å²) in [6.45, 7) is 7.66. The number of nitrogens with zero attached hydrogens (tertiary/aromatic N) is 3. The lowest BCUT2D eigenvalue weighted by Crippen LogP contribution is -2.31. The molecule has 6 heteroatoms. The zero-order chi connectivity index (χ0) is 18.3. The van der Waals surface area contributed by atoms with E-state index in [1.165, 1.54) is 36.3 Å². The molecule has 1 aliphatic rings. The summed E-state index contributed by atoms with van der Waals surface area (Å²) in [7, 11) is 0. The van der Waals surface area contributed by atoms with Gasteiger partial charge in [0.1, 0.15) is 16.5 Å². The summed E-state index contributed by atoms with van der Waals surface area (Å²) in [5.74, 6) is 0.483. The Kier molecular flexibility index (Phi) is 4.63. The van der Waals surface area contributed by atoms with Crippen molar-refractivity contribution < 1.29 is 4.39 Å². The minimum Gasteiger partial charge on any atom is -0.302 e. The van der Waals surface area contributed by atoms with Crippen molar-refractivity contribution >= 4 is 21.6 Å². The largest absolute Gasteiger partial charge is 0.302 e. The van der Waals surface area contributed by atoms with Gasteiger partial charge in [-0.1, -0.05) is 12.1 Å². The van der Waals surface area contributed by atoms with E-state index in [1.807, 2.05) is 13.8 Å². The number of likely N-dealkylation sites (tertiary alicyclic amines) is 1. The summed E-state index contributed by atoms with van der Waals surface area (Å²) in [5.41, 5.74) is 1.76. The molecule has 4 rings (SSSR count). The summed E-state index contributed by atoms with van der Waals surface area (Å²) in [6, 6.07) is 6.34. The number of benzene rings is 1. The van der Waals surface area contributed by atoms with Gasteiger partial charge < -0.3 is 4.90 Å². The molecule has 3 aromatic rings. The molecule has 0 N–H and O–H groups in total. The van der Waals surface area contributed by atoms with Crippen LogP contribution in [0.5, 0.6) is 0 Å². The van der Waals surface area contributed by atoms with Crippen LogP contribution in [-0.4, -0.2) is 34.1 Å². The maximum atomic E-state index is 13.3. The fraction of sp³-hybridized carbons (Fsp3) is 0.400. The number of rotatable bonds is 4. The van der Waals surface area contributed by atoms with Crippen LogP contribution in [0.15, 0.2) is 29.1 Å². The molecule has 1 aromatic carbocycles. The first-order chi connectivity index (χ1) is 12.5. The van der Waals surface area contributed by atoms with Crippen molar-refractivity contribution in [3.63, 3.8) is 0 Å². The second kappa shape index (κ2) is 6.93. The summed E-state index contributed by atoms with van der Waals surface area (Å²) in [6.07, 6.45) is 2.48. The van der Waals surface area contributed by atoms with Crippen LogP contribution in [0.4, 0.5) is 4.39 Å². The molecule has 2 aromatic heterocycles. The lowest BCUT2D eigenvalue weighted by atomic mass is 10.0. The van der Waals surface area contributed by atoms with E-state index in [9.17, 15) is 9.18 Å². The van der Waals surface area contributed by atoms with Crippen LogP contribution < -0.4 is 5.56 Å². The molecule has 0 saturated carbocycles. The Bertz CT molecular complexity index is 1000. The summed E-state index contributed by atoms with van der Waals surface area (Å²) < 4.78 is 15.1. The molecule has 136 valence electrons. The van der Waals surface area contributed by atoms with Gasteiger partial charge in [0.15, 0.2) is 0 Å². The quantitative estimate of drug-likeness (QED) is 0.696. The SMILES string of the molecule is Cc1sc2nc(C)n(CCN3CCCC3)c(=O)c2c1-c1ccc(F)cc1. The standard InChI is InChI=1S/C20H22FN3OS/c1-13-17(15-5-7-16(21)8-6-15)18-19(26-13)22-14(2)24(20(18)25)12-11-23-9-3-4-10-23/h5-8H,3-4,9-12H2,1-2H3. The van der Waals surface area contributed by atoms with Crippen LogP contribution >= 0.6 is 11.3 Å². The maximum absolute atomic E-state index is 13.3. The topological polar surface area (TPSA) is 38.1 Å². The van der Waals surface area contributed by atoms with Gasteiger partial charge in [0.25, 0.3) is 5.56 Å². The monoisotopic (exact) mass is 371 g/mol. The van der Waals surface area contributed by atoms with Crippen LogP contribution in [0.1, 0.15) is 23.5 Å². The first-order valence-electron chi connectivity index (χ1n) is 9.03. The summed E-state index contributed by atoms with van der Waals surface area (Å²) >= 11 is 1.53. The molecule has 0 amide bonds. The van der Waals surface area contributed by atoms with E-state index < -0.39 is 0 Å². The van der Waals surface area contributed by atoms with E-state index in [2.05, 4.69) is 4.90 Å². The third kappa shape index (κ3) is 3.08. The number of hydrogen-bond acceptors (Lipinski definition) is 4. The molecule has 0 aliphatic carbocycles. The first-order valence-corrected chi connectivity index (χ1v) is 9.85. The minimum atomic E-state index is -0.275. The van der Waals surface area contributed by atoms with Crippen LogP contribution in [0.2, 0.25) is 0 Å². The van der Waals surface area contributed by atoms with Crippen LogP contribution in [0.3, 0.4) is 0 Å². The molecule has 3 heterocycles. The molecule has 0 unspecified atom stereocenters. The van der Waals surface area contributed by atoms with Gasteiger partial charge in [-0.3, -0.25) is 9.36 Å². The number of halogens is 1. The number of thiophene rings is 1. The van der Waals surface area contributed by atoms with E-state index in [4.69, 9.17) is 4.98 Å². The molecule has 0 radical (unpaired) electrons. The van der Waals surface area contributed by atoms with Gasteiger partial charge in [-0.25, -0.2) is 9.37 Å². The predicted molar refractivity (Wildman–Crippen MR) is 104 cm³/mol. The number of fused-ring (bicyclic) bond motifs is 1. The van der Waals surface area contributed by atoms with Crippen molar-refractivity contribution in [3.05, 3.63) is 51.1 Å². The highest BCUT2D eigenvalue weighted by Gasteiger charge is 2.19. The second-order valence-corrected chi connectivity index (χ2v) is 8.09. The Hall–Kier alpha value is -2.05. The number of aryl methyl sites for hydroxylation is 2. The van der Waals surface area contributed by atoms with Crippen molar-refractivity contribution in [1.82, 2.24) is 14.5 Å². The van der Waals surface area contributed by atoms with Crippen molar-refractivity contribution in [2.45, 2.75) is 33.2 Å². The van der Waals surface area contributed by atoms with Gasteiger partial charge in [-0.2, -0.15) is 0 Å². The van der Waals surface area contributed by atoms with Crippen molar-refractivity contribution in [3.8, 4) is 11.1 Å². The fourth-order valence-electron chi connectivity index (χ4n) is 3.77. The Balaban J connectivity index is 1.80. The zero-order valence-corrected chi connectivity index (χ0v) is 15.9. The van der Waals surface area contributed by atoms with Gasteiger partial charge in [0.05, 0.1) is 5.39 Å². The lowest BCUT2D eigenvalue weighted by Gasteiger charge is -2.16. The zero-order valence-electron chi connectivity index (χ0n) is 15.1. The van der Waals surface area contributed by atoms with Gasteiger partial charge in [-0.05, 0) is 57.5 Å². The lowest BCUT2D eigenvalue weighted by molar-refractivity contribution is 0.319. The van der Waals surface area contributed by atoms with Gasteiger partial charge in [0, 0.05) is 23.5 Å². The molecule has 0 bridgehead atoms. The highest BCUT2D eigenvalue weighted by molar-refractivity contribution is 7.19. The average Bonchev–Trinajstić information content (AvgIpc) is 3.23. The smallest absolute Gasteiger partial charge is 0.262 e. The minimum absolute atomic E-state index is 0.00960. The van der Waals surface area contributed by atoms with E-state index in [0.29, 0.717) is 11.9 Å². The molecule has 0 atom stereocenters. The Labute approximate surface area is 155 Å². The Morgan fingerprint density at radius 1 is 1.12 bits per heavy atom. The maximum Gasteiger partial charge on any atom is 0.262 e. The average molecular weight is 371 g/mol. The first kappa shape index (κ1) is 17.4. The Morgan fingerprint density at radius 3 is 2.50 bits per heavy atom. The molecular weight excluding hydrogens is 349 g/mol. The molecule has 0 spiro atoms. The van der Waals surface area contributed by atoms with Crippen LogP contribution in [0.25, 0.3) is 21.3 Å². The van der Waals surface area contributed by atoms with E-state index in [-0.39, 0.29) is 11.4 Å². The number of aromatic nitrogens is 2. The van der Waals surface area contributed by atoms with Gasteiger partial charge >= 0.3 is 0 Å². The fourth-order valence-corrected chi connectivity index (χ4v) is 4.85. The molecular formula is C20H22FN3OS. The normalized spacial score (nSPS) is 15.2. The highest BCUT2D eigenvalue weighted by Crippen LogP contribution is 2.35. The van der Waals surface area contributed by atoms with Gasteiger partial charge in [0.2, 0.25) is 0 Å². The van der Waals surface area contributed by atoms with Crippen LogP contribution in [-0.2, 0) is 6.54 Å². The van der Waals surface area contributed by atoms with E-state index >= 15 is 0 Å². The highest BCUT2D eigenvalue weighted by atomic mass is 32.1. The van der Waals surface area contributed by atoms with E-state index in [1.54, 1.807) is 16.7 Å². The summed E-state index contributed by atoms with van der Waals surface area (Å²) in [4.78, 5) is 22.2.